The summed E-state index contributed by atoms with van der Waals surface area (Å²) < 4.78 is 25.1. The summed E-state index contributed by atoms with van der Waals surface area (Å²) >= 11 is 5.95. The van der Waals surface area contributed by atoms with Gasteiger partial charge in [0, 0.05) is 13.3 Å². The van der Waals surface area contributed by atoms with Gasteiger partial charge < -0.3 is 5.11 Å². The van der Waals surface area contributed by atoms with E-state index in [1.807, 2.05) is 0 Å². The van der Waals surface area contributed by atoms with Crippen LogP contribution in [0.25, 0.3) is 5.69 Å². The lowest BCUT2D eigenvalue weighted by Gasteiger charge is -2.10. The first kappa shape index (κ1) is 15.2. The van der Waals surface area contributed by atoms with Crippen LogP contribution in [0.15, 0.2) is 21.8 Å². The van der Waals surface area contributed by atoms with Crippen molar-refractivity contribution in [1.29, 1.82) is 0 Å². The third kappa shape index (κ3) is 2.54. The summed E-state index contributed by atoms with van der Waals surface area (Å²) in [5.41, 5.74) is -1.45. The lowest BCUT2D eigenvalue weighted by atomic mass is 10.2. The monoisotopic (exact) mass is 332 g/mol. The fourth-order valence-electron chi connectivity index (χ4n) is 1.66. The maximum absolute atomic E-state index is 11.9. The van der Waals surface area contributed by atoms with Crippen LogP contribution < -0.4 is 5.69 Å². The Kier molecular flexibility index (Phi) is 3.59. The number of hydrogen-bond acceptors (Lipinski definition) is 6. The van der Waals surface area contributed by atoms with E-state index in [-0.39, 0.29) is 16.1 Å². The Bertz CT molecular complexity index is 899. The number of aromatic nitrogens is 4. The van der Waals surface area contributed by atoms with E-state index in [0.29, 0.717) is 4.68 Å². The molecule has 0 bridgehead atoms. The smallest absolute Gasteiger partial charge is 0.368 e. The molecule has 2 rings (SSSR count). The highest BCUT2D eigenvalue weighted by Crippen LogP contribution is 2.30. The molecule has 1 aromatic carbocycles. The summed E-state index contributed by atoms with van der Waals surface area (Å²) in [6, 6.07) is 2.10. The molecule has 0 saturated heterocycles. The van der Waals surface area contributed by atoms with Gasteiger partial charge in [-0.25, -0.2) is 18.0 Å². The first-order chi connectivity index (χ1) is 9.64. The van der Waals surface area contributed by atoms with Gasteiger partial charge in [0.1, 0.15) is 5.69 Å². The van der Waals surface area contributed by atoms with E-state index in [4.69, 9.17) is 16.7 Å². The number of tetrazole rings is 1. The van der Waals surface area contributed by atoms with Crippen LogP contribution in [-0.4, -0.2) is 45.5 Å². The Morgan fingerprint density at radius 3 is 2.38 bits per heavy atom. The minimum absolute atomic E-state index is 0.319. The van der Waals surface area contributed by atoms with Gasteiger partial charge in [-0.2, -0.15) is 9.36 Å². The predicted octanol–water partition coefficient (Wildman–Crippen LogP) is -0.279. The third-order valence-electron chi connectivity index (χ3n) is 2.64. The second-order valence-corrected chi connectivity index (χ2v) is 6.51. The van der Waals surface area contributed by atoms with E-state index in [2.05, 4.69) is 10.4 Å². The molecule has 0 fully saturated rings. The molecule has 0 amide bonds. The maximum Gasteiger partial charge on any atom is 0.368 e. The quantitative estimate of drug-likeness (QED) is 0.819. The molecule has 11 heteroatoms. The zero-order valence-electron chi connectivity index (χ0n) is 10.8. The van der Waals surface area contributed by atoms with Crippen molar-refractivity contribution in [1.82, 2.24) is 19.8 Å². The van der Waals surface area contributed by atoms with Crippen LogP contribution in [0.5, 0.6) is 0 Å². The molecule has 1 N–H and O–H groups in total. The number of nitrogens with zero attached hydrogens (tertiary/aromatic N) is 4. The van der Waals surface area contributed by atoms with E-state index in [1.165, 1.54) is 7.05 Å². The molecule has 1 aromatic heterocycles. The topological polar surface area (TPSA) is 124 Å². The molecule has 0 unspecified atom stereocenters. The van der Waals surface area contributed by atoms with Crippen molar-refractivity contribution in [2.75, 3.05) is 6.26 Å². The van der Waals surface area contributed by atoms with Gasteiger partial charge in [-0.05, 0) is 22.6 Å². The molecule has 0 atom stereocenters. The van der Waals surface area contributed by atoms with Crippen LogP contribution in [0.1, 0.15) is 10.4 Å². The summed E-state index contributed by atoms with van der Waals surface area (Å²) in [7, 11) is -2.46. The summed E-state index contributed by atoms with van der Waals surface area (Å²) in [6.45, 7) is 0. The highest BCUT2D eigenvalue weighted by molar-refractivity contribution is 7.90. The van der Waals surface area contributed by atoms with E-state index >= 15 is 0 Å². The Balaban J connectivity index is 2.96. The van der Waals surface area contributed by atoms with Crippen LogP contribution in [-0.2, 0) is 16.9 Å². The lowest BCUT2D eigenvalue weighted by Crippen LogP contribution is -2.24. The second kappa shape index (κ2) is 4.97. The minimum Gasteiger partial charge on any atom is -0.478 e. The number of carboxylic acid groups (broad SMARTS) is 1. The van der Waals surface area contributed by atoms with Crippen molar-refractivity contribution >= 4 is 27.4 Å². The highest BCUT2D eigenvalue weighted by Gasteiger charge is 2.25. The zero-order valence-corrected chi connectivity index (χ0v) is 12.4. The number of carbonyl (C=O) groups is 1. The van der Waals surface area contributed by atoms with E-state index in [0.717, 1.165) is 23.1 Å². The molecule has 0 saturated carbocycles. The number of aryl methyl sites for hydroxylation is 1. The lowest BCUT2D eigenvalue weighted by molar-refractivity contribution is 0.0697. The summed E-state index contributed by atoms with van der Waals surface area (Å²) in [4.78, 5) is 22.7. The molecule has 112 valence electrons. The molecular formula is C10H9ClN4O5S. The third-order valence-corrected chi connectivity index (χ3v) is 4.15. The van der Waals surface area contributed by atoms with Gasteiger partial charge in [0.2, 0.25) is 0 Å². The predicted molar refractivity (Wildman–Crippen MR) is 71.7 cm³/mol. The Hall–Kier alpha value is -2.20. The average molecular weight is 333 g/mol. The van der Waals surface area contributed by atoms with Crippen molar-refractivity contribution in [3.8, 4) is 5.69 Å². The van der Waals surface area contributed by atoms with Gasteiger partial charge in [-0.3, -0.25) is 0 Å². The average Bonchev–Trinajstić information content (AvgIpc) is 2.68. The molecule has 0 spiro atoms. The van der Waals surface area contributed by atoms with Crippen LogP contribution in [0.4, 0.5) is 0 Å². The Labute approximate surface area is 123 Å². The summed E-state index contributed by atoms with van der Waals surface area (Å²) in [5.74, 6) is -1.36. The molecule has 0 aliphatic carbocycles. The van der Waals surface area contributed by atoms with Gasteiger partial charge in [0.15, 0.2) is 9.84 Å². The molecule has 9 nitrogen and oxygen atoms in total. The Morgan fingerprint density at radius 1 is 1.33 bits per heavy atom. The maximum atomic E-state index is 11.9. The molecule has 21 heavy (non-hydrogen) atoms. The molecule has 0 aliphatic heterocycles. The largest absolute Gasteiger partial charge is 0.478 e. The Morgan fingerprint density at radius 2 is 1.95 bits per heavy atom. The first-order valence-electron chi connectivity index (χ1n) is 5.40. The summed E-state index contributed by atoms with van der Waals surface area (Å²) in [6.07, 6.45) is 0.907. The first-order valence-corrected chi connectivity index (χ1v) is 7.66. The minimum atomic E-state index is -3.77. The molecule has 2 aromatic rings. The van der Waals surface area contributed by atoms with E-state index in [9.17, 15) is 18.0 Å². The van der Waals surface area contributed by atoms with Crippen molar-refractivity contribution in [2.45, 2.75) is 4.90 Å². The fourth-order valence-corrected chi connectivity index (χ4v) is 2.90. The second-order valence-electron chi connectivity index (χ2n) is 4.15. The van der Waals surface area contributed by atoms with Crippen LogP contribution >= 0.6 is 11.6 Å². The SMILES string of the molecule is Cn1nnn(-c2c(S(C)(=O)=O)ccc(C(=O)O)c2Cl)c1=O. The number of rotatable bonds is 3. The van der Waals surface area contributed by atoms with E-state index in [1.54, 1.807) is 0 Å². The van der Waals surface area contributed by atoms with E-state index < -0.39 is 26.5 Å². The molecule has 0 radical (unpaired) electrons. The van der Waals surface area contributed by atoms with Gasteiger partial charge in [-0.1, -0.05) is 11.6 Å². The number of carboxylic acids is 1. The number of aromatic carboxylic acids is 1. The standard InChI is InChI=1S/C10H9ClN4O5S/c1-14-10(18)15(13-12-14)8-6(21(2,19)20)4-3-5(7(8)11)9(16)17/h3-4H,1-2H3,(H,16,17). The van der Waals surface area contributed by atoms with Crippen molar-refractivity contribution < 1.29 is 18.3 Å². The van der Waals surface area contributed by atoms with Crippen LogP contribution in [0, 0.1) is 0 Å². The van der Waals surface area contributed by atoms with Crippen LogP contribution in [0.3, 0.4) is 0 Å². The highest BCUT2D eigenvalue weighted by atomic mass is 35.5. The molecule has 0 aliphatic rings. The van der Waals surface area contributed by atoms with Gasteiger partial charge in [0.05, 0.1) is 15.5 Å². The van der Waals surface area contributed by atoms with Crippen LogP contribution in [0.2, 0.25) is 5.02 Å². The fraction of sp³-hybridized carbons (Fsp3) is 0.200. The van der Waals surface area contributed by atoms with Gasteiger partial charge in [0.25, 0.3) is 0 Å². The molecule has 1 heterocycles. The molecular weight excluding hydrogens is 324 g/mol. The van der Waals surface area contributed by atoms with Crippen molar-refractivity contribution in [3.05, 3.63) is 33.2 Å². The van der Waals surface area contributed by atoms with Gasteiger partial charge >= 0.3 is 11.7 Å². The van der Waals surface area contributed by atoms with Crippen molar-refractivity contribution in [2.24, 2.45) is 7.05 Å². The number of sulfone groups is 1. The zero-order chi connectivity index (χ0) is 15.9. The summed E-state index contributed by atoms with van der Waals surface area (Å²) in [5, 5.41) is 15.6. The normalized spacial score (nSPS) is 11.6. The number of benzene rings is 1. The van der Waals surface area contributed by atoms with Gasteiger partial charge in [-0.15, -0.1) is 0 Å². The number of hydrogen-bond donors (Lipinski definition) is 1. The van der Waals surface area contributed by atoms with Crippen molar-refractivity contribution in [3.63, 3.8) is 0 Å². The number of halogens is 1.